The highest BCUT2D eigenvalue weighted by atomic mass is 35.5. The van der Waals surface area contributed by atoms with E-state index in [1.807, 2.05) is 30.3 Å². The van der Waals surface area contributed by atoms with Crippen molar-refractivity contribution < 1.29 is 22.7 Å². The highest BCUT2D eigenvalue weighted by Gasteiger charge is 2.32. The summed E-state index contributed by atoms with van der Waals surface area (Å²) in [5.41, 5.74) is 2.87. The molecular weight excluding hydrogens is 455 g/mol. The molecule has 0 fully saturated rings. The topological polar surface area (TPSA) is 53.9 Å². The first-order chi connectivity index (χ1) is 15.8. The number of nitrogens with one attached hydrogen (secondary N) is 1. The van der Waals surface area contributed by atoms with Crippen molar-refractivity contribution >= 4 is 29.0 Å². The van der Waals surface area contributed by atoms with Crippen molar-refractivity contribution in [2.75, 3.05) is 18.5 Å². The lowest BCUT2D eigenvalue weighted by Crippen LogP contribution is -2.30. The van der Waals surface area contributed by atoms with Crippen LogP contribution in [-0.4, -0.2) is 36.1 Å². The predicted molar refractivity (Wildman–Crippen MR) is 121 cm³/mol. The van der Waals surface area contributed by atoms with Crippen LogP contribution in [0.2, 0.25) is 5.02 Å². The Kier molecular flexibility index (Phi) is 6.55. The van der Waals surface area contributed by atoms with Crippen molar-refractivity contribution in [3.05, 3.63) is 95.0 Å². The monoisotopic (exact) mass is 473 g/mol. The van der Waals surface area contributed by atoms with Gasteiger partial charge in [0.15, 0.2) is 6.61 Å². The van der Waals surface area contributed by atoms with Gasteiger partial charge in [-0.25, -0.2) is 9.80 Å². The Morgan fingerprint density at radius 3 is 2.33 bits per heavy atom. The molecule has 5 nitrogen and oxygen atoms in total. The molecule has 0 aromatic heterocycles. The summed E-state index contributed by atoms with van der Waals surface area (Å²) in [5, 5.41) is 9.23. The number of hydrazone groups is 1. The molecule has 1 aliphatic heterocycles. The SMILES string of the molecule is O=C(Nc1ccc(Cl)cc1)N1CC(c2ccccc2)C(c2ccc(OCC(F)(F)F)cc2)=N1. The molecule has 0 saturated carbocycles. The third kappa shape index (κ3) is 5.84. The maximum Gasteiger partial charge on any atom is 0.422 e. The van der Waals surface area contributed by atoms with Gasteiger partial charge in [0.25, 0.3) is 0 Å². The number of rotatable bonds is 5. The highest BCUT2D eigenvalue weighted by Crippen LogP contribution is 2.30. The molecule has 0 saturated heterocycles. The maximum atomic E-state index is 12.8. The summed E-state index contributed by atoms with van der Waals surface area (Å²) >= 11 is 5.89. The molecule has 170 valence electrons. The molecule has 3 aromatic rings. The van der Waals surface area contributed by atoms with E-state index < -0.39 is 18.8 Å². The first kappa shape index (κ1) is 22.7. The molecular formula is C24H19ClF3N3O2. The molecule has 1 aliphatic rings. The van der Waals surface area contributed by atoms with Gasteiger partial charge in [-0.15, -0.1) is 0 Å². The van der Waals surface area contributed by atoms with E-state index in [0.29, 0.717) is 28.5 Å². The quantitative estimate of drug-likeness (QED) is 0.471. The Labute approximate surface area is 193 Å². The molecule has 0 radical (unpaired) electrons. The number of benzene rings is 3. The summed E-state index contributed by atoms with van der Waals surface area (Å²) in [6, 6.07) is 22.1. The molecule has 4 rings (SSSR count). The molecule has 1 heterocycles. The van der Waals surface area contributed by atoms with E-state index in [-0.39, 0.29) is 11.7 Å². The Balaban J connectivity index is 1.56. The van der Waals surface area contributed by atoms with Gasteiger partial charge in [0, 0.05) is 16.6 Å². The number of amides is 2. The number of urea groups is 1. The second-order valence-corrected chi connectivity index (χ2v) is 7.83. The van der Waals surface area contributed by atoms with Crippen LogP contribution in [-0.2, 0) is 0 Å². The lowest BCUT2D eigenvalue weighted by molar-refractivity contribution is -0.153. The Hall–Kier alpha value is -3.52. The predicted octanol–water partition coefficient (Wildman–Crippen LogP) is 6.32. The fraction of sp³-hybridized carbons (Fsp3) is 0.167. The van der Waals surface area contributed by atoms with Gasteiger partial charge in [0.05, 0.1) is 12.3 Å². The first-order valence-corrected chi connectivity index (χ1v) is 10.4. The number of alkyl halides is 3. The Morgan fingerprint density at radius 2 is 1.70 bits per heavy atom. The van der Waals surface area contributed by atoms with Gasteiger partial charge in [0.2, 0.25) is 0 Å². The highest BCUT2D eigenvalue weighted by molar-refractivity contribution is 6.30. The first-order valence-electron chi connectivity index (χ1n) is 10.1. The third-order valence-electron chi connectivity index (χ3n) is 5.00. The van der Waals surface area contributed by atoms with Gasteiger partial charge in [-0.05, 0) is 59.7 Å². The zero-order chi connectivity index (χ0) is 23.4. The molecule has 33 heavy (non-hydrogen) atoms. The minimum atomic E-state index is -4.41. The molecule has 0 bridgehead atoms. The lowest BCUT2D eigenvalue weighted by Gasteiger charge is -2.16. The fourth-order valence-electron chi connectivity index (χ4n) is 3.44. The molecule has 9 heteroatoms. The Bertz CT molecular complexity index is 1130. The zero-order valence-electron chi connectivity index (χ0n) is 17.2. The average molecular weight is 474 g/mol. The van der Waals surface area contributed by atoms with Crippen molar-refractivity contribution in [1.29, 1.82) is 0 Å². The van der Waals surface area contributed by atoms with Crippen LogP contribution in [0.25, 0.3) is 0 Å². The average Bonchev–Trinajstić information content (AvgIpc) is 3.25. The van der Waals surface area contributed by atoms with E-state index in [4.69, 9.17) is 16.3 Å². The molecule has 3 aromatic carbocycles. The van der Waals surface area contributed by atoms with Gasteiger partial charge in [-0.1, -0.05) is 41.9 Å². The zero-order valence-corrected chi connectivity index (χ0v) is 18.0. The van der Waals surface area contributed by atoms with Crippen LogP contribution in [0.4, 0.5) is 23.7 Å². The van der Waals surface area contributed by atoms with Crippen LogP contribution >= 0.6 is 11.6 Å². The number of hydrogen-bond donors (Lipinski definition) is 1. The van der Waals surface area contributed by atoms with Crippen LogP contribution in [0.15, 0.2) is 84.0 Å². The van der Waals surface area contributed by atoms with Gasteiger partial charge in [-0.3, -0.25) is 0 Å². The maximum absolute atomic E-state index is 12.8. The minimum absolute atomic E-state index is 0.100. The van der Waals surface area contributed by atoms with Gasteiger partial charge < -0.3 is 10.1 Å². The summed E-state index contributed by atoms with van der Waals surface area (Å²) < 4.78 is 42.0. The fourth-order valence-corrected chi connectivity index (χ4v) is 3.57. The van der Waals surface area contributed by atoms with Crippen molar-refractivity contribution in [2.45, 2.75) is 12.1 Å². The van der Waals surface area contributed by atoms with E-state index in [9.17, 15) is 18.0 Å². The normalized spacial score (nSPS) is 15.8. The summed E-state index contributed by atoms with van der Waals surface area (Å²) in [7, 11) is 0. The van der Waals surface area contributed by atoms with Crippen molar-refractivity contribution in [3.63, 3.8) is 0 Å². The van der Waals surface area contributed by atoms with E-state index in [2.05, 4.69) is 10.4 Å². The number of hydrogen-bond acceptors (Lipinski definition) is 3. The Morgan fingerprint density at radius 1 is 1.03 bits per heavy atom. The second-order valence-electron chi connectivity index (χ2n) is 7.40. The van der Waals surface area contributed by atoms with Gasteiger partial charge in [-0.2, -0.15) is 18.3 Å². The molecule has 0 spiro atoms. The largest absolute Gasteiger partial charge is 0.484 e. The van der Waals surface area contributed by atoms with Crippen LogP contribution in [0, 0.1) is 0 Å². The number of carbonyl (C=O) groups excluding carboxylic acids is 1. The van der Waals surface area contributed by atoms with E-state index in [1.54, 1.807) is 36.4 Å². The van der Waals surface area contributed by atoms with E-state index in [1.165, 1.54) is 17.1 Å². The molecule has 1 atom stereocenters. The lowest BCUT2D eigenvalue weighted by atomic mass is 9.90. The summed E-state index contributed by atoms with van der Waals surface area (Å²) in [5.74, 6) is -0.104. The second kappa shape index (κ2) is 9.54. The summed E-state index contributed by atoms with van der Waals surface area (Å²) in [4.78, 5) is 12.8. The van der Waals surface area contributed by atoms with Crippen LogP contribution < -0.4 is 10.1 Å². The summed E-state index contributed by atoms with van der Waals surface area (Å²) in [6.07, 6.45) is -4.41. The molecule has 1 unspecified atom stereocenters. The van der Waals surface area contributed by atoms with Crippen molar-refractivity contribution in [3.8, 4) is 5.75 Å². The van der Waals surface area contributed by atoms with Gasteiger partial charge in [0.1, 0.15) is 5.75 Å². The third-order valence-corrected chi connectivity index (χ3v) is 5.25. The number of nitrogens with zero attached hydrogens (tertiary/aromatic N) is 2. The van der Waals surface area contributed by atoms with E-state index >= 15 is 0 Å². The summed E-state index contributed by atoms with van der Waals surface area (Å²) in [6.45, 7) is -1.05. The minimum Gasteiger partial charge on any atom is -0.484 e. The van der Waals surface area contributed by atoms with E-state index in [0.717, 1.165) is 5.56 Å². The smallest absolute Gasteiger partial charge is 0.422 e. The number of ether oxygens (including phenoxy) is 1. The number of carbonyl (C=O) groups is 1. The van der Waals surface area contributed by atoms with Crippen molar-refractivity contribution in [2.24, 2.45) is 5.10 Å². The standard InChI is InChI=1S/C24H19ClF3N3O2/c25-18-8-10-19(11-9-18)29-23(32)31-14-21(16-4-2-1-3-5-16)22(30-31)17-6-12-20(13-7-17)33-15-24(26,27)28/h1-13,21H,14-15H2,(H,29,32). The van der Waals surface area contributed by atoms with Crippen LogP contribution in [0.1, 0.15) is 17.0 Å². The number of anilines is 1. The van der Waals surface area contributed by atoms with Crippen molar-refractivity contribution in [1.82, 2.24) is 5.01 Å². The molecule has 2 amide bonds. The molecule has 1 N–H and O–H groups in total. The molecule has 0 aliphatic carbocycles. The van der Waals surface area contributed by atoms with Crippen LogP contribution in [0.3, 0.4) is 0 Å². The van der Waals surface area contributed by atoms with Gasteiger partial charge >= 0.3 is 12.2 Å². The van der Waals surface area contributed by atoms with Crippen LogP contribution in [0.5, 0.6) is 5.75 Å². The number of halogens is 4.